The van der Waals surface area contributed by atoms with E-state index in [2.05, 4.69) is 11.6 Å². The Balaban J connectivity index is 2.19. The standard InChI is InChI=1S/C14H22N2O2S/c1-19-9-3-2-8-16-10-12-4-6-13(7-5-12)18-11-14(15)17/h4-7,16H,2-3,8-11H2,1H3,(H2,15,17). The fourth-order valence-electron chi connectivity index (χ4n) is 1.59. The maximum atomic E-state index is 10.6. The molecule has 0 aromatic heterocycles. The van der Waals surface area contributed by atoms with Crippen molar-refractivity contribution in [3.8, 4) is 5.75 Å². The van der Waals surface area contributed by atoms with Crippen molar-refractivity contribution < 1.29 is 9.53 Å². The highest BCUT2D eigenvalue weighted by Gasteiger charge is 1.98. The van der Waals surface area contributed by atoms with Gasteiger partial charge in [0.25, 0.3) is 5.91 Å². The second-order valence-corrected chi connectivity index (χ2v) is 5.26. The van der Waals surface area contributed by atoms with E-state index < -0.39 is 5.91 Å². The molecule has 0 heterocycles. The van der Waals surface area contributed by atoms with E-state index in [1.165, 1.54) is 24.2 Å². The van der Waals surface area contributed by atoms with Gasteiger partial charge in [-0.1, -0.05) is 12.1 Å². The van der Waals surface area contributed by atoms with Crippen LogP contribution in [0.2, 0.25) is 0 Å². The molecule has 1 amide bonds. The summed E-state index contributed by atoms with van der Waals surface area (Å²) in [5, 5.41) is 3.41. The van der Waals surface area contributed by atoms with Crippen LogP contribution < -0.4 is 15.8 Å². The molecule has 0 bridgehead atoms. The molecule has 0 unspecified atom stereocenters. The first kappa shape index (κ1) is 15.9. The molecule has 0 spiro atoms. The number of unbranched alkanes of at least 4 members (excludes halogenated alkanes) is 1. The number of thioether (sulfide) groups is 1. The van der Waals surface area contributed by atoms with Gasteiger partial charge in [-0.15, -0.1) is 0 Å². The van der Waals surface area contributed by atoms with Crippen molar-refractivity contribution in [3.05, 3.63) is 29.8 Å². The van der Waals surface area contributed by atoms with Crippen LogP contribution in [0.25, 0.3) is 0 Å². The maximum absolute atomic E-state index is 10.6. The normalized spacial score (nSPS) is 10.4. The third-order valence-electron chi connectivity index (χ3n) is 2.59. The van der Waals surface area contributed by atoms with Crippen molar-refractivity contribution in [1.29, 1.82) is 0 Å². The monoisotopic (exact) mass is 282 g/mol. The Hall–Kier alpha value is -1.20. The highest BCUT2D eigenvalue weighted by molar-refractivity contribution is 7.98. The average molecular weight is 282 g/mol. The van der Waals surface area contributed by atoms with Crippen LogP contribution in [-0.2, 0) is 11.3 Å². The highest BCUT2D eigenvalue weighted by atomic mass is 32.2. The smallest absolute Gasteiger partial charge is 0.255 e. The zero-order chi connectivity index (χ0) is 13.9. The van der Waals surface area contributed by atoms with E-state index in [1.807, 2.05) is 36.0 Å². The fraction of sp³-hybridized carbons (Fsp3) is 0.500. The first-order valence-corrected chi connectivity index (χ1v) is 7.81. The molecule has 0 saturated heterocycles. The van der Waals surface area contributed by atoms with Crippen LogP contribution in [0.15, 0.2) is 24.3 Å². The number of hydrogen-bond acceptors (Lipinski definition) is 4. The van der Waals surface area contributed by atoms with Gasteiger partial charge < -0.3 is 15.8 Å². The highest BCUT2D eigenvalue weighted by Crippen LogP contribution is 2.11. The Morgan fingerprint density at radius 2 is 2.05 bits per heavy atom. The lowest BCUT2D eigenvalue weighted by atomic mass is 10.2. The number of primary amides is 1. The minimum atomic E-state index is -0.462. The quantitative estimate of drug-likeness (QED) is 0.642. The number of rotatable bonds is 10. The molecule has 1 aromatic carbocycles. The van der Waals surface area contributed by atoms with Crippen LogP contribution in [0.1, 0.15) is 18.4 Å². The summed E-state index contributed by atoms with van der Waals surface area (Å²) in [7, 11) is 0. The van der Waals surface area contributed by atoms with Gasteiger partial charge in [-0.2, -0.15) is 11.8 Å². The Bertz CT molecular complexity index is 368. The van der Waals surface area contributed by atoms with Gasteiger partial charge in [0.2, 0.25) is 0 Å². The Labute approximate surface area is 119 Å². The van der Waals surface area contributed by atoms with Crippen molar-refractivity contribution in [2.75, 3.05) is 25.2 Å². The molecule has 5 heteroatoms. The predicted molar refractivity (Wildman–Crippen MR) is 80.5 cm³/mol. The number of nitrogens with two attached hydrogens (primary N) is 1. The third kappa shape index (κ3) is 7.74. The summed E-state index contributed by atoms with van der Waals surface area (Å²) in [5.41, 5.74) is 6.22. The molecule has 0 fully saturated rings. The van der Waals surface area contributed by atoms with E-state index in [4.69, 9.17) is 10.5 Å². The minimum Gasteiger partial charge on any atom is -0.484 e. The van der Waals surface area contributed by atoms with Gasteiger partial charge in [0.1, 0.15) is 5.75 Å². The van der Waals surface area contributed by atoms with Gasteiger partial charge >= 0.3 is 0 Å². The topological polar surface area (TPSA) is 64.3 Å². The van der Waals surface area contributed by atoms with Gasteiger partial charge in [-0.25, -0.2) is 0 Å². The minimum absolute atomic E-state index is 0.0764. The summed E-state index contributed by atoms with van der Waals surface area (Å²) in [6.07, 6.45) is 4.60. The third-order valence-corrected chi connectivity index (χ3v) is 3.28. The molecule has 0 aliphatic rings. The molecule has 3 N–H and O–H groups in total. The molecule has 0 saturated carbocycles. The van der Waals surface area contributed by atoms with Gasteiger partial charge in [0.15, 0.2) is 6.61 Å². The number of nitrogens with one attached hydrogen (secondary N) is 1. The van der Waals surface area contributed by atoms with Crippen LogP contribution in [-0.4, -0.2) is 31.1 Å². The number of hydrogen-bond donors (Lipinski definition) is 2. The lowest BCUT2D eigenvalue weighted by molar-refractivity contribution is -0.119. The maximum Gasteiger partial charge on any atom is 0.255 e. The fourth-order valence-corrected chi connectivity index (χ4v) is 2.08. The zero-order valence-corrected chi connectivity index (χ0v) is 12.2. The number of amides is 1. The van der Waals surface area contributed by atoms with Gasteiger partial charge in [-0.05, 0) is 49.1 Å². The Morgan fingerprint density at radius 3 is 2.68 bits per heavy atom. The van der Waals surface area contributed by atoms with Crippen LogP contribution >= 0.6 is 11.8 Å². The molecule has 1 aromatic rings. The second-order valence-electron chi connectivity index (χ2n) is 4.28. The molecule has 106 valence electrons. The molecular weight excluding hydrogens is 260 g/mol. The molecule has 0 atom stereocenters. The summed E-state index contributed by atoms with van der Waals surface area (Å²) in [6, 6.07) is 7.69. The summed E-state index contributed by atoms with van der Waals surface area (Å²) >= 11 is 1.89. The Morgan fingerprint density at radius 1 is 1.32 bits per heavy atom. The van der Waals surface area contributed by atoms with Crippen LogP contribution in [0.5, 0.6) is 5.75 Å². The van der Waals surface area contributed by atoms with Crippen molar-refractivity contribution in [2.24, 2.45) is 5.73 Å². The van der Waals surface area contributed by atoms with E-state index >= 15 is 0 Å². The molecule has 0 radical (unpaired) electrons. The van der Waals surface area contributed by atoms with E-state index in [-0.39, 0.29) is 6.61 Å². The number of benzene rings is 1. The molecule has 1 rings (SSSR count). The van der Waals surface area contributed by atoms with E-state index in [0.29, 0.717) is 5.75 Å². The van der Waals surface area contributed by atoms with E-state index in [1.54, 1.807) is 0 Å². The second kappa shape index (κ2) is 9.69. The van der Waals surface area contributed by atoms with Crippen molar-refractivity contribution in [3.63, 3.8) is 0 Å². The summed E-state index contributed by atoms with van der Waals surface area (Å²) < 4.78 is 5.20. The predicted octanol–water partition coefficient (Wildman–Crippen LogP) is 1.78. The molecule has 0 aliphatic carbocycles. The SMILES string of the molecule is CSCCCCNCc1ccc(OCC(N)=O)cc1. The van der Waals surface area contributed by atoms with E-state index in [9.17, 15) is 4.79 Å². The number of ether oxygens (including phenoxy) is 1. The molecule has 4 nitrogen and oxygen atoms in total. The first-order valence-electron chi connectivity index (χ1n) is 6.42. The molecular formula is C14H22N2O2S. The summed E-state index contributed by atoms with van der Waals surface area (Å²) in [6.45, 7) is 1.82. The van der Waals surface area contributed by atoms with Gasteiger partial charge in [0, 0.05) is 6.54 Å². The molecule has 19 heavy (non-hydrogen) atoms. The largest absolute Gasteiger partial charge is 0.484 e. The number of carbonyl (C=O) groups is 1. The van der Waals surface area contributed by atoms with Crippen molar-refractivity contribution >= 4 is 17.7 Å². The van der Waals surface area contributed by atoms with Gasteiger partial charge in [-0.3, -0.25) is 4.79 Å². The Kier molecular flexibility index (Phi) is 8.09. The lowest BCUT2D eigenvalue weighted by Gasteiger charge is -2.07. The van der Waals surface area contributed by atoms with Crippen LogP contribution in [0, 0.1) is 0 Å². The number of carbonyl (C=O) groups excluding carboxylic acids is 1. The van der Waals surface area contributed by atoms with Gasteiger partial charge in [0.05, 0.1) is 0 Å². The average Bonchev–Trinajstić information content (AvgIpc) is 2.41. The van der Waals surface area contributed by atoms with E-state index in [0.717, 1.165) is 13.1 Å². The zero-order valence-electron chi connectivity index (χ0n) is 11.4. The van der Waals surface area contributed by atoms with Crippen LogP contribution in [0.4, 0.5) is 0 Å². The summed E-state index contributed by atoms with van der Waals surface area (Å²) in [5.74, 6) is 1.44. The van der Waals surface area contributed by atoms with Crippen LogP contribution in [0.3, 0.4) is 0 Å². The summed E-state index contributed by atoms with van der Waals surface area (Å²) in [4.78, 5) is 10.6. The lowest BCUT2D eigenvalue weighted by Crippen LogP contribution is -2.20. The van der Waals surface area contributed by atoms with Crippen molar-refractivity contribution in [2.45, 2.75) is 19.4 Å². The van der Waals surface area contributed by atoms with Crippen molar-refractivity contribution in [1.82, 2.24) is 5.32 Å². The first-order chi connectivity index (χ1) is 9.22. The molecule has 0 aliphatic heterocycles.